The van der Waals surface area contributed by atoms with E-state index >= 15 is 0 Å². The van der Waals surface area contributed by atoms with Gasteiger partial charge < -0.3 is 10.2 Å². The Morgan fingerprint density at radius 1 is 1.12 bits per heavy atom. The number of fused-ring (bicyclic) bond motifs is 1. The number of nitrogens with zero attached hydrogens (tertiary/aromatic N) is 4. The summed E-state index contributed by atoms with van der Waals surface area (Å²) in [7, 11) is 1.47. The van der Waals surface area contributed by atoms with Crippen LogP contribution in [0.5, 0.6) is 0 Å². The molecule has 1 N–H and O–H groups in total. The number of hydrogen-bond acceptors (Lipinski definition) is 5. The fourth-order valence-corrected chi connectivity index (χ4v) is 4.43. The molecule has 0 bridgehead atoms. The first-order valence-corrected chi connectivity index (χ1v) is 11.5. The lowest BCUT2D eigenvalue weighted by Crippen LogP contribution is -2.43. The number of anilines is 1. The highest BCUT2D eigenvalue weighted by molar-refractivity contribution is 6.31. The summed E-state index contributed by atoms with van der Waals surface area (Å²) in [6, 6.07) is 6.65. The Hall–Kier alpha value is -3.46. The molecular weight excluding hydrogens is 458 g/mol. The average molecular weight is 484 g/mol. The van der Waals surface area contributed by atoms with Gasteiger partial charge in [-0.25, -0.2) is 9.78 Å². The lowest BCUT2D eigenvalue weighted by Gasteiger charge is -2.27. The molecule has 10 heteroatoms. The van der Waals surface area contributed by atoms with Gasteiger partial charge in [0.05, 0.1) is 10.9 Å². The smallest absolute Gasteiger partial charge is 0.332 e. The second kappa shape index (κ2) is 9.42. The number of aromatic nitrogens is 3. The maximum absolute atomic E-state index is 13.5. The van der Waals surface area contributed by atoms with Gasteiger partial charge in [-0.2, -0.15) is 0 Å². The molecule has 1 aliphatic heterocycles. The molecule has 0 saturated carbocycles. The minimum atomic E-state index is -0.719. The fraction of sp³-hybridized carbons (Fsp3) is 0.375. The Morgan fingerprint density at radius 2 is 1.82 bits per heavy atom. The van der Waals surface area contributed by atoms with E-state index < -0.39 is 23.7 Å². The van der Waals surface area contributed by atoms with Gasteiger partial charge in [-0.15, -0.1) is 0 Å². The zero-order valence-corrected chi connectivity index (χ0v) is 20.1. The van der Waals surface area contributed by atoms with Crippen molar-refractivity contribution in [1.82, 2.24) is 19.0 Å². The molecular formula is C24H26ClN5O4. The van der Waals surface area contributed by atoms with Gasteiger partial charge in [-0.1, -0.05) is 17.7 Å². The number of hydrogen-bond donors (Lipinski definition) is 1. The van der Waals surface area contributed by atoms with E-state index in [0.717, 1.165) is 23.8 Å². The van der Waals surface area contributed by atoms with Gasteiger partial charge in [0.25, 0.3) is 11.5 Å². The van der Waals surface area contributed by atoms with Crippen LogP contribution in [0.4, 0.5) is 5.69 Å². The predicted molar refractivity (Wildman–Crippen MR) is 131 cm³/mol. The third kappa shape index (κ3) is 4.35. The van der Waals surface area contributed by atoms with Gasteiger partial charge >= 0.3 is 5.69 Å². The number of nitrogens with one attached hydrogen (secondary N) is 1. The van der Waals surface area contributed by atoms with Crippen LogP contribution in [0.3, 0.4) is 0 Å². The molecule has 178 valence electrons. The van der Waals surface area contributed by atoms with Crippen LogP contribution in [0, 0.1) is 13.8 Å². The highest BCUT2D eigenvalue weighted by Crippen LogP contribution is 2.23. The summed E-state index contributed by atoms with van der Waals surface area (Å²) in [6.45, 7) is 4.18. The number of rotatable bonds is 4. The lowest BCUT2D eigenvalue weighted by atomic mass is 10.1. The standard InChI is InChI=1S/C24H26ClN5O4/c1-14-12-16(22(32)29-10-5-4-6-11-29)20-21(26-14)28(3)24(34)30(23(20)33)13-19(31)27-18-9-7-8-17(25)15(18)2/h7-9,12H,4-6,10-11,13H2,1-3H3,(H,27,31). The molecule has 9 nitrogen and oxygen atoms in total. The maximum atomic E-state index is 13.5. The third-order valence-corrected chi connectivity index (χ3v) is 6.55. The summed E-state index contributed by atoms with van der Waals surface area (Å²) in [6.07, 6.45) is 2.86. The summed E-state index contributed by atoms with van der Waals surface area (Å²) in [5.74, 6) is -0.829. The maximum Gasteiger partial charge on any atom is 0.332 e. The Bertz CT molecular complexity index is 1420. The van der Waals surface area contributed by atoms with Crippen LogP contribution >= 0.6 is 11.6 Å². The van der Waals surface area contributed by atoms with Crippen molar-refractivity contribution in [2.45, 2.75) is 39.7 Å². The van der Waals surface area contributed by atoms with Crippen molar-refractivity contribution in [3.8, 4) is 0 Å². The molecule has 4 rings (SSSR count). The molecule has 0 unspecified atom stereocenters. The number of piperidine rings is 1. The van der Waals surface area contributed by atoms with Gasteiger partial charge in [0.1, 0.15) is 12.2 Å². The van der Waals surface area contributed by atoms with Crippen LogP contribution in [0.1, 0.15) is 40.9 Å². The van der Waals surface area contributed by atoms with Crippen LogP contribution in [0.15, 0.2) is 33.9 Å². The molecule has 0 radical (unpaired) electrons. The zero-order chi connectivity index (χ0) is 24.6. The van der Waals surface area contributed by atoms with E-state index in [4.69, 9.17) is 11.6 Å². The predicted octanol–water partition coefficient (Wildman–Crippen LogP) is 2.63. The Morgan fingerprint density at radius 3 is 2.53 bits per heavy atom. The van der Waals surface area contributed by atoms with Gasteiger partial charge in [0.2, 0.25) is 5.91 Å². The first-order chi connectivity index (χ1) is 16.2. The third-order valence-electron chi connectivity index (χ3n) is 6.14. The van der Waals surface area contributed by atoms with Crippen molar-refractivity contribution in [1.29, 1.82) is 0 Å². The summed E-state index contributed by atoms with van der Waals surface area (Å²) < 4.78 is 2.04. The van der Waals surface area contributed by atoms with E-state index in [2.05, 4.69) is 10.3 Å². The minimum absolute atomic E-state index is 0.0370. The van der Waals surface area contributed by atoms with Crippen molar-refractivity contribution in [2.75, 3.05) is 18.4 Å². The van der Waals surface area contributed by atoms with E-state index in [9.17, 15) is 19.2 Å². The molecule has 1 aliphatic rings. The molecule has 34 heavy (non-hydrogen) atoms. The number of pyridine rings is 1. The average Bonchev–Trinajstić information content (AvgIpc) is 2.83. The number of aryl methyl sites for hydroxylation is 2. The lowest BCUT2D eigenvalue weighted by molar-refractivity contribution is -0.116. The first kappa shape index (κ1) is 23.7. The zero-order valence-electron chi connectivity index (χ0n) is 19.4. The Labute approximate surface area is 201 Å². The number of halogens is 1. The van der Waals surface area contributed by atoms with Gasteiger partial charge in [-0.3, -0.25) is 23.5 Å². The molecule has 2 amide bonds. The molecule has 3 aromatic rings. The van der Waals surface area contributed by atoms with Crippen LogP contribution in [0.25, 0.3) is 11.0 Å². The fourth-order valence-electron chi connectivity index (χ4n) is 4.26. The number of benzene rings is 1. The highest BCUT2D eigenvalue weighted by Gasteiger charge is 2.25. The van der Waals surface area contributed by atoms with E-state index in [0.29, 0.717) is 35.1 Å². The molecule has 3 heterocycles. The van der Waals surface area contributed by atoms with Crippen LogP contribution in [-0.2, 0) is 18.4 Å². The van der Waals surface area contributed by atoms with Gasteiger partial charge in [-0.05, 0) is 56.9 Å². The van der Waals surface area contributed by atoms with Crippen LogP contribution in [-0.4, -0.2) is 43.9 Å². The van der Waals surface area contributed by atoms with Crippen LogP contribution in [0.2, 0.25) is 5.02 Å². The molecule has 0 aliphatic carbocycles. The quantitative estimate of drug-likeness (QED) is 0.614. The summed E-state index contributed by atoms with van der Waals surface area (Å²) in [5, 5.41) is 3.22. The summed E-state index contributed by atoms with van der Waals surface area (Å²) in [5.41, 5.74) is 0.595. The number of amides is 2. The number of likely N-dealkylation sites (tertiary alicyclic amines) is 1. The first-order valence-electron chi connectivity index (χ1n) is 11.1. The highest BCUT2D eigenvalue weighted by atomic mass is 35.5. The topological polar surface area (TPSA) is 106 Å². The van der Waals surface area contributed by atoms with Gasteiger partial charge in [0.15, 0.2) is 0 Å². The second-order valence-corrected chi connectivity index (χ2v) is 8.96. The van der Waals surface area contributed by atoms with E-state index in [1.807, 2.05) is 0 Å². The van der Waals surface area contributed by atoms with E-state index in [1.165, 1.54) is 11.6 Å². The van der Waals surface area contributed by atoms with Crippen molar-refractivity contribution in [3.63, 3.8) is 0 Å². The van der Waals surface area contributed by atoms with Gasteiger partial charge in [0, 0.05) is 36.5 Å². The molecule has 0 spiro atoms. The molecule has 2 aromatic heterocycles. The van der Waals surface area contributed by atoms with E-state index in [-0.39, 0.29) is 22.5 Å². The largest absolute Gasteiger partial charge is 0.339 e. The van der Waals surface area contributed by atoms with Crippen molar-refractivity contribution < 1.29 is 9.59 Å². The molecule has 1 saturated heterocycles. The number of carbonyl (C=O) groups is 2. The SMILES string of the molecule is Cc1cc(C(=O)N2CCCCC2)c2c(=O)n(CC(=O)Nc3cccc(Cl)c3C)c(=O)n(C)c2n1. The second-order valence-electron chi connectivity index (χ2n) is 8.56. The Kier molecular flexibility index (Phi) is 6.56. The molecule has 0 atom stereocenters. The minimum Gasteiger partial charge on any atom is -0.339 e. The summed E-state index contributed by atoms with van der Waals surface area (Å²) in [4.78, 5) is 58.6. The van der Waals surface area contributed by atoms with Crippen molar-refractivity contribution in [3.05, 3.63) is 66.9 Å². The van der Waals surface area contributed by atoms with Crippen molar-refractivity contribution >= 4 is 40.1 Å². The van der Waals surface area contributed by atoms with Crippen LogP contribution < -0.4 is 16.6 Å². The van der Waals surface area contributed by atoms with E-state index in [1.54, 1.807) is 43.0 Å². The molecule has 1 aromatic carbocycles. The monoisotopic (exact) mass is 483 g/mol. The number of carbonyl (C=O) groups excluding carboxylic acids is 2. The van der Waals surface area contributed by atoms with Crippen molar-refractivity contribution in [2.24, 2.45) is 7.05 Å². The Balaban J connectivity index is 1.79. The summed E-state index contributed by atoms with van der Waals surface area (Å²) >= 11 is 6.12. The molecule has 1 fully saturated rings. The normalized spacial score (nSPS) is 13.8.